The van der Waals surface area contributed by atoms with E-state index in [2.05, 4.69) is 4.98 Å². The Labute approximate surface area is 210 Å². The van der Waals surface area contributed by atoms with E-state index in [9.17, 15) is 27.9 Å². The number of alkyl halides is 3. The number of H-pyrrole nitrogens is 1. The van der Waals surface area contributed by atoms with Crippen molar-refractivity contribution in [1.82, 2.24) is 4.98 Å². The van der Waals surface area contributed by atoms with Crippen LogP contribution in [0.15, 0.2) is 36.4 Å². The molecule has 11 heteroatoms. The van der Waals surface area contributed by atoms with Crippen LogP contribution in [0.2, 0.25) is 0 Å². The Bertz CT molecular complexity index is 1330. The lowest BCUT2D eigenvalue weighted by molar-refractivity contribution is -0.141. The standard InChI is InChI=1S/C26H27F3N2O6/c1-25(2,3)37-24(34)31-11-15(12-32)18-16(31)10-17(36-13-14-8-6-5-7-9-14)21-19(18)20(23(33)35-4)22(30-21)26(27,28)29/h5-10,15,30,32H,11-13H2,1-4H3. The maximum atomic E-state index is 14.1. The number of carbonyl (C=O) groups is 2. The van der Waals surface area contributed by atoms with Crippen LogP contribution in [0.1, 0.15) is 53.9 Å². The van der Waals surface area contributed by atoms with Gasteiger partial charge in [-0.05, 0) is 31.9 Å². The average molecular weight is 521 g/mol. The Kier molecular flexibility index (Phi) is 6.85. The summed E-state index contributed by atoms with van der Waals surface area (Å²) in [4.78, 5) is 29.3. The molecule has 0 bridgehead atoms. The summed E-state index contributed by atoms with van der Waals surface area (Å²) >= 11 is 0. The monoisotopic (exact) mass is 520 g/mol. The van der Waals surface area contributed by atoms with E-state index in [0.717, 1.165) is 12.7 Å². The quantitative estimate of drug-likeness (QED) is 0.438. The number of amides is 1. The minimum atomic E-state index is -4.93. The molecule has 1 atom stereocenters. The molecule has 0 aliphatic carbocycles. The minimum Gasteiger partial charge on any atom is -0.487 e. The second-order valence-electron chi connectivity index (χ2n) is 9.67. The molecule has 0 radical (unpaired) electrons. The third kappa shape index (κ3) is 5.08. The molecule has 8 nitrogen and oxygen atoms in total. The summed E-state index contributed by atoms with van der Waals surface area (Å²) in [5.74, 6) is -2.01. The minimum absolute atomic E-state index is 0.00888. The maximum absolute atomic E-state index is 14.1. The molecule has 1 amide bonds. The number of hydrogen-bond acceptors (Lipinski definition) is 6. The highest BCUT2D eigenvalue weighted by Crippen LogP contribution is 2.49. The van der Waals surface area contributed by atoms with Gasteiger partial charge in [0, 0.05) is 23.9 Å². The molecule has 4 rings (SSSR count). The smallest absolute Gasteiger partial charge is 0.432 e. The van der Waals surface area contributed by atoms with E-state index in [1.165, 1.54) is 11.0 Å². The van der Waals surface area contributed by atoms with E-state index in [-0.39, 0.29) is 41.1 Å². The number of aliphatic hydroxyl groups is 1. The number of fused-ring (bicyclic) bond motifs is 3. The van der Waals surface area contributed by atoms with Crippen molar-refractivity contribution in [3.8, 4) is 5.75 Å². The second kappa shape index (κ2) is 9.62. The molecular weight excluding hydrogens is 493 g/mol. The molecule has 37 heavy (non-hydrogen) atoms. The molecule has 3 aromatic rings. The topological polar surface area (TPSA) is 101 Å². The molecule has 2 N–H and O–H groups in total. The van der Waals surface area contributed by atoms with E-state index >= 15 is 0 Å². The Morgan fingerprint density at radius 1 is 1.16 bits per heavy atom. The summed E-state index contributed by atoms with van der Waals surface area (Å²) in [7, 11) is 0.980. The first-order valence-electron chi connectivity index (χ1n) is 11.5. The molecule has 2 aromatic carbocycles. The SMILES string of the molecule is COC(=O)c1c(C(F)(F)F)[nH]c2c(OCc3ccccc3)cc3c(c12)C(CO)CN3C(=O)OC(C)(C)C. The van der Waals surface area contributed by atoms with Crippen LogP contribution in [-0.2, 0) is 22.3 Å². The lowest BCUT2D eigenvalue weighted by Gasteiger charge is -2.25. The zero-order valence-electron chi connectivity index (χ0n) is 20.7. The summed E-state index contributed by atoms with van der Waals surface area (Å²) in [6.07, 6.45) is -5.67. The van der Waals surface area contributed by atoms with Gasteiger partial charge in [0.25, 0.3) is 0 Å². The summed E-state index contributed by atoms with van der Waals surface area (Å²) in [5.41, 5.74) is -1.85. The number of benzene rings is 2. The lowest BCUT2D eigenvalue weighted by Crippen LogP contribution is -2.36. The van der Waals surface area contributed by atoms with Crippen LogP contribution in [0.25, 0.3) is 10.9 Å². The molecular formula is C26H27F3N2O6. The summed E-state index contributed by atoms with van der Waals surface area (Å²) in [6, 6.07) is 10.4. The predicted octanol–water partition coefficient (Wildman–Crippen LogP) is 5.38. The first kappa shape index (κ1) is 26.3. The van der Waals surface area contributed by atoms with Crippen molar-refractivity contribution in [2.45, 2.75) is 45.1 Å². The predicted molar refractivity (Wildman–Crippen MR) is 129 cm³/mol. The number of carbonyl (C=O) groups excluding carboxylic acids is 2. The molecule has 1 aliphatic rings. The average Bonchev–Trinajstić information content (AvgIpc) is 3.40. The highest BCUT2D eigenvalue weighted by molar-refractivity contribution is 6.12. The van der Waals surface area contributed by atoms with Crippen molar-refractivity contribution in [3.05, 3.63) is 58.8 Å². The number of methoxy groups -OCH3 is 1. The normalized spacial score (nSPS) is 15.6. The Morgan fingerprint density at radius 3 is 2.41 bits per heavy atom. The summed E-state index contributed by atoms with van der Waals surface area (Å²) in [6.45, 7) is 4.50. The number of ether oxygens (including phenoxy) is 3. The number of nitrogens with one attached hydrogen (secondary N) is 1. The van der Waals surface area contributed by atoms with Crippen molar-refractivity contribution in [2.24, 2.45) is 0 Å². The molecule has 1 unspecified atom stereocenters. The molecule has 0 spiro atoms. The number of aromatic amines is 1. The molecule has 1 aromatic heterocycles. The van der Waals surface area contributed by atoms with E-state index < -0.39 is 47.6 Å². The van der Waals surface area contributed by atoms with Crippen LogP contribution in [0.5, 0.6) is 5.75 Å². The number of hydrogen-bond donors (Lipinski definition) is 2. The molecule has 0 saturated heterocycles. The van der Waals surface area contributed by atoms with E-state index in [1.807, 2.05) is 6.07 Å². The number of nitrogens with zero attached hydrogens (tertiary/aromatic N) is 1. The summed E-state index contributed by atoms with van der Waals surface area (Å²) < 4.78 is 58.4. The van der Waals surface area contributed by atoms with Crippen LogP contribution in [0.4, 0.5) is 23.7 Å². The lowest BCUT2D eigenvalue weighted by atomic mass is 9.95. The van der Waals surface area contributed by atoms with Crippen LogP contribution in [0, 0.1) is 0 Å². The van der Waals surface area contributed by atoms with E-state index in [1.54, 1.807) is 45.0 Å². The highest BCUT2D eigenvalue weighted by Gasteiger charge is 2.44. The van der Waals surface area contributed by atoms with Gasteiger partial charge >= 0.3 is 18.2 Å². The van der Waals surface area contributed by atoms with Crippen LogP contribution >= 0.6 is 0 Å². The number of esters is 1. The van der Waals surface area contributed by atoms with Crippen LogP contribution in [0.3, 0.4) is 0 Å². The fourth-order valence-electron chi connectivity index (χ4n) is 4.41. The van der Waals surface area contributed by atoms with Crippen LogP contribution < -0.4 is 9.64 Å². The van der Waals surface area contributed by atoms with Crippen molar-refractivity contribution < 1.29 is 42.1 Å². The van der Waals surface area contributed by atoms with Gasteiger partial charge in [-0.1, -0.05) is 30.3 Å². The van der Waals surface area contributed by atoms with Gasteiger partial charge in [0.05, 0.1) is 30.5 Å². The highest BCUT2D eigenvalue weighted by atomic mass is 19.4. The first-order chi connectivity index (χ1) is 17.4. The van der Waals surface area contributed by atoms with Crippen LogP contribution in [-0.4, -0.2) is 48.0 Å². The molecule has 2 heterocycles. The Hall–Kier alpha value is -3.73. The fraction of sp³-hybridized carbons (Fsp3) is 0.385. The van der Waals surface area contributed by atoms with Gasteiger partial charge in [-0.3, -0.25) is 4.90 Å². The largest absolute Gasteiger partial charge is 0.487 e. The van der Waals surface area contributed by atoms with Gasteiger partial charge in [-0.2, -0.15) is 13.2 Å². The molecule has 198 valence electrons. The van der Waals surface area contributed by atoms with Gasteiger partial charge < -0.3 is 24.3 Å². The number of anilines is 1. The van der Waals surface area contributed by atoms with Gasteiger partial charge in [0.1, 0.15) is 23.7 Å². The van der Waals surface area contributed by atoms with E-state index in [4.69, 9.17) is 14.2 Å². The number of aromatic nitrogens is 1. The van der Waals surface area contributed by atoms with Gasteiger partial charge in [0.2, 0.25) is 0 Å². The maximum Gasteiger partial charge on any atom is 0.432 e. The van der Waals surface area contributed by atoms with E-state index in [0.29, 0.717) is 0 Å². The fourth-order valence-corrected chi connectivity index (χ4v) is 4.41. The Morgan fingerprint density at radius 2 is 1.84 bits per heavy atom. The zero-order chi connectivity index (χ0) is 27.1. The van der Waals surface area contributed by atoms with Crippen molar-refractivity contribution in [1.29, 1.82) is 0 Å². The van der Waals surface area contributed by atoms with Gasteiger partial charge in [-0.25, -0.2) is 9.59 Å². The third-order valence-electron chi connectivity index (χ3n) is 5.91. The zero-order valence-corrected chi connectivity index (χ0v) is 20.7. The molecule has 0 fully saturated rings. The van der Waals surface area contributed by atoms with Gasteiger partial charge in [-0.15, -0.1) is 0 Å². The first-order valence-corrected chi connectivity index (χ1v) is 11.5. The molecule has 1 aliphatic heterocycles. The summed E-state index contributed by atoms with van der Waals surface area (Å²) in [5, 5.41) is 10.00. The van der Waals surface area contributed by atoms with Crippen molar-refractivity contribution >= 4 is 28.7 Å². The number of aliphatic hydroxyl groups excluding tert-OH is 1. The number of rotatable bonds is 5. The molecule has 0 saturated carbocycles. The third-order valence-corrected chi connectivity index (χ3v) is 5.91. The van der Waals surface area contributed by atoms with Gasteiger partial charge in [0.15, 0.2) is 0 Å². The Balaban J connectivity index is 1.99. The number of halogens is 3. The van der Waals surface area contributed by atoms with Crippen molar-refractivity contribution in [2.75, 3.05) is 25.2 Å². The van der Waals surface area contributed by atoms with Crippen molar-refractivity contribution in [3.63, 3.8) is 0 Å². The second-order valence-corrected chi connectivity index (χ2v) is 9.67.